The van der Waals surface area contributed by atoms with Crippen LogP contribution >= 0.6 is 11.3 Å². The number of nitrogens with zero attached hydrogens (tertiary/aromatic N) is 1. The van der Waals surface area contributed by atoms with Crippen LogP contribution in [0.2, 0.25) is 0 Å². The number of nitrogens with one attached hydrogen (secondary N) is 1. The van der Waals surface area contributed by atoms with Crippen LogP contribution in [-0.2, 0) is 20.9 Å². The summed E-state index contributed by atoms with van der Waals surface area (Å²) in [4.78, 5) is 37.5. The third kappa shape index (κ3) is 6.07. The maximum absolute atomic E-state index is 13.4. The Morgan fingerprint density at radius 3 is 2.70 bits per heavy atom. The maximum Gasteiger partial charge on any atom is 0.333 e. The number of phenolic OH excluding ortho intramolecular Hbond substituents is 1. The molecule has 1 amide bonds. The molecule has 0 fully saturated rings. The number of methoxy groups -OCH3 is 1. The van der Waals surface area contributed by atoms with Gasteiger partial charge in [-0.25, -0.2) is 9.18 Å². The van der Waals surface area contributed by atoms with Crippen molar-refractivity contribution in [1.29, 1.82) is 0 Å². The van der Waals surface area contributed by atoms with Gasteiger partial charge in [0.15, 0.2) is 11.5 Å². The van der Waals surface area contributed by atoms with Crippen molar-refractivity contribution < 1.29 is 28.6 Å². The molecular weight excluding hydrogens is 451 g/mol. The van der Waals surface area contributed by atoms with E-state index >= 15 is 0 Å². The van der Waals surface area contributed by atoms with Crippen LogP contribution < -0.4 is 24.8 Å². The summed E-state index contributed by atoms with van der Waals surface area (Å²) in [6.45, 7) is 1.39. The molecule has 0 bridgehead atoms. The molecule has 0 saturated heterocycles. The minimum Gasteiger partial charge on any atom is -0.504 e. The number of anilines is 1. The largest absolute Gasteiger partial charge is 0.504 e. The Morgan fingerprint density at radius 1 is 1.24 bits per heavy atom. The van der Waals surface area contributed by atoms with Gasteiger partial charge in [0, 0.05) is 5.69 Å². The summed E-state index contributed by atoms with van der Waals surface area (Å²) in [7, 11) is 1.42. The summed E-state index contributed by atoms with van der Waals surface area (Å²) >= 11 is 0.987. The van der Waals surface area contributed by atoms with Crippen molar-refractivity contribution in [3.63, 3.8) is 0 Å². The molecule has 0 aliphatic carbocycles. The molecule has 172 valence electrons. The normalized spacial score (nSPS) is 12.0. The average Bonchev–Trinajstić information content (AvgIpc) is 3.02. The van der Waals surface area contributed by atoms with E-state index in [0.29, 0.717) is 5.56 Å². The summed E-state index contributed by atoms with van der Waals surface area (Å²) < 4.78 is 24.9. The molecular formula is C23H21FN2O6S. The van der Waals surface area contributed by atoms with Crippen molar-refractivity contribution in [3.8, 4) is 11.5 Å². The van der Waals surface area contributed by atoms with Gasteiger partial charge in [0.1, 0.15) is 17.0 Å². The molecule has 0 radical (unpaired) electrons. The number of amides is 1. The van der Waals surface area contributed by atoms with Crippen molar-refractivity contribution in [1.82, 2.24) is 4.57 Å². The lowest BCUT2D eigenvalue weighted by Crippen LogP contribution is -2.36. The number of rotatable bonds is 7. The Balaban J connectivity index is 2.01. The fraction of sp³-hybridized carbons (Fsp3) is 0.174. The molecule has 0 atom stereocenters. The van der Waals surface area contributed by atoms with E-state index in [2.05, 4.69) is 5.32 Å². The van der Waals surface area contributed by atoms with Crippen LogP contribution in [0, 0.1) is 5.82 Å². The van der Waals surface area contributed by atoms with E-state index in [1.165, 1.54) is 37.5 Å². The zero-order valence-corrected chi connectivity index (χ0v) is 18.6. The molecule has 1 aromatic heterocycles. The second-order valence-electron chi connectivity index (χ2n) is 6.73. The van der Waals surface area contributed by atoms with Crippen molar-refractivity contribution in [2.75, 3.05) is 19.0 Å². The number of ether oxygens (including phenoxy) is 2. The first-order valence-corrected chi connectivity index (χ1v) is 10.6. The quantitative estimate of drug-likeness (QED) is 0.506. The van der Waals surface area contributed by atoms with Gasteiger partial charge >= 0.3 is 5.97 Å². The van der Waals surface area contributed by atoms with E-state index < -0.39 is 29.8 Å². The Morgan fingerprint density at radius 2 is 2.03 bits per heavy atom. The van der Waals surface area contributed by atoms with Crippen molar-refractivity contribution in [2.45, 2.75) is 13.5 Å². The number of hydrogen-bond donors (Lipinski definition) is 2. The number of aromatic hydroxyl groups is 1. The standard InChI is InChI=1S/C23H21FN2O6S/c1-3-32-22(29)12-21-26(13-20(28)25-16-6-4-5-15(24)11-16)23(30)19(33-21)10-14-7-8-18(31-2)17(27)9-14/h4-12,27H,3,13H2,1-2H3,(H,25,28)/b19-10-,21-12-. The fourth-order valence-electron chi connectivity index (χ4n) is 2.94. The van der Waals surface area contributed by atoms with E-state index in [0.717, 1.165) is 28.0 Å². The van der Waals surface area contributed by atoms with Crippen LogP contribution in [0.3, 0.4) is 0 Å². The molecule has 0 spiro atoms. The number of phenols is 1. The molecule has 33 heavy (non-hydrogen) atoms. The van der Waals surface area contributed by atoms with Gasteiger partial charge in [-0.3, -0.25) is 14.2 Å². The van der Waals surface area contributed by atoms with Gasteiger partial charge in [0.25, 0.3) is 5.56 Å². The van der Waals surface area contributed by atoms with Crippen molar-refractivity contribution in [2.24, 2.45) is 0 Å². The van der Waals surface area contributed by atoms with Crippen molar-refractivity contribution >= 4 is 41.1 Å². The second-order valence-corrected chi connectivity index (χ2v) is 7.79. The first-order chi connectivity index (χ1) is 15.8. The van der Waals surface area contributed by atoms with Crippen LogP contribution in [0.4, 0.5) is 10.1 Å². The lowest BCUT2D eigenvalue weighted by Gasteiger charge is -2.06. The first-order valence-electron chi connectivity index (χ1n) is 9.83. The second kappa shape index (κ2) is 10.6. The Bertz CT molecular complexity index is 1360. The van der Waals surface area contributed by atoms with E-state index in [1.54, 1.807) is 19.1 Å². The van der Waals surface area contributed by atoms with Gasteiger partial charge in [-0.1, -0.05) is 12.1 Å². The highest BCUT2D eigenvalue weighted by Gasteiger charge is 2.12. The Hall–Kier alpha value is -3.92. The Labute approximate surface area is 191 Å². The minimum atomic E-state index is -0.660. The predicted molar refractivity (Wildman–Crippen MR) is 122 cm³/mol. The third-order valence-electron chi connectivity index (χ3n) is 4.38. The first kappa shape index (κ1) is 23.7. The van der Waals surface area contributed by atoms with E-state index in [-0.39, 0.29) is 33.0 Å². The molecule has 3 rings (SSSR count). The summed E-state index contributed by atoms with van der Waals surface area (Å²) in [5.41, 5.74) is 0.241. The Kier molecular flexibility index (Phi) is 7.62. The number of hydrogen-bond acceptors (Lipinski definition) is 7. The number of halogens is 1. The lowest BCUT2D eigenvalue weighted by molar-refractivity contribution is -0.135. The summed E-state index contributed by atoms with van der Waals surface area (Å²) in [5.74, 6) is -1.58. The molecule has 2 aromatic carbocycles. The van der Waals surface area contributed by atoms with E-state index in [1.807, 2.05) is 0 Å². The van der Waals surface area contributed by atoms with E-state index in [9.17, 15) is 23.9 Å². The SMILES string of the molecule is CCOC(=O)/C=c1\s/c(=C\c2ccc(OC)c(O)c2)c(=O)n1CC(=O)Nc1cccc(F)c1. The van der Waals surface area contributed by atoms with Gasteiger partial charge in [0.05, 0.1) is 24.3 Å². The molecule has 8 nitrogen and oxygen atoms in total. The zero-order valence-electron chi connectivity index (χ0n) is 17.8. The van der Waals surface area contributed by atoms with Crippen LogP contribution in [0.1, 0.15) is 12.5 Å². The number of benzene rings is 2. The highest BCUT2D eigenvalue weighted by atomic mass is 32.1. The van der Waals surface area contributed by atoms with Gasteiger partial charge in [-0.05, 0) is 48.9 Å². The van der Waals surface area contributed by atoms with Crippen LogP contribution in [0.25, 0.3) is 12.2 Å². The van der Waals surface area contributed by atoms with Gasteiger partial charge < -0.3 is 19.9 Å². The molecule has 10 heteroatoms. The molecule has 0 unspecified atom stereocenters. The number of carbonyl (C=O) groups is 2. The smallest absolute Gasteiger partial charge is 0.333 e. The molecule has 1 heterocycles. The molecule has 0 aliphatic rings. The summed E-state index contributed by atoms with van der Waals surface area (Å²) in [6.07, 6.45) is 2.66. The van der Waals surface area contributed by atoms with Gasteiger partial charge in [-0.15, -0.1) is 11.3 Å². The molecule has 3 aromatic rings. The van der Waals surface area contributed by atoms with Crippen LogP contribution in [-0.4, -0.2) is 35.3 Å². The van der Waals surface area contributed by atoms with Crippen LogP contribution in [0.15, 0.2) is 47.3 Å². The van der Waals surface area contributed by atoms with E-state index in [4.69, 9.17) is 9.47 Å². The summed E-state index contributed by atoms with van der Waals surface area (Å²) in [5, 5.41) is 12.5. The number of thiazole rings is 1. The fourth-order valence-corrected chi connectivity index (χ4v) is 3.97. The summed E-state index contributed by atoms with van der Waals surface area (Å²) in [6, 6.07) is 9.96. The highest BCUT2D eigenvalue weighted by molar-refractivity contribution is 7.07. The molecule has 0 saturated carbocycles. The topological polar surface area (TPSA) is 107 Å². The van der Waals surface area contributed by atoms with Gasteiger partial charge in [0.2, 0.25) is 5.91 Å². The number of aromatic nitrogens is 1. The third-order valence-corrected chi connectivity index (χ3v) is 5.43. The highest BCUT2D eigenvalue weighted by Crippen LogP contribution is 2.26. The monoisotopic (exact) mass is 472 g/mol. The molecule has 2 N–H and O–H groups in total. The number of carbonyl (C=O) groups excluding carboxylic acids is 2. The van der Waals surface area contributed by atoms with Crippen LogP contribution in [0.5, 0.6) is 11.5 Å². The maximum atomic E-state index is 13.4. The van der Waals surface area contributed by atoms with Crippen molar-refractivity contribution in [3.05, 3.63) is 73.4 Å². The zero-order chi connectivity index (χ0) is 24.0. The molecule has 0 aliphatic heterocycles. The van der Waals surface area contributed by atoms with Gasteiger partial charge in [-0.2, -0.15) is 0 Å². The lowest BCUT2D eigenvalue weighted by atomic mass is 10.2. The predicted octanol–water partition coefficient (Wildman–Crippen LogP) is 1.57. The average molecular weight is 472 g/mol. The minimum absolute atomic E-state index is 0.101. The number of esters is 1.